The monoisotopic (exact) mass is 318 g/mol. The Labute approximate surface area is 132 Å². The van der Waals surface area contributed by atoms with E-state index in [1.807, 2.05) is 19.9 Å². The van der Waals surface area contributed by atoms with Crippen molar-refractivity contribution >= 4 is 20.8 Å². The third-order valence-electron chi connectivity index (χ3n) is 4.16. The highest BCUT2D eigenvalue weighted by molar-refractivity contribution is 7.89. The molecule has 1 aromatic heterocycles. The van der Waals surface area contributed by atoms with Crippen LogP contribution in [0.25, 0.3) is 10.8 Å². The first-order valence-corrected chi connectivity index (χ1v) is 9.35. The normalized spacial score (nSPS) is 15.2. The van der Waals surface area contributed by atoms with Gasteiger partial charge < -0.3 is 0 Å². The van der Waals surface area contributed by atoms with E-state index in [-0.39, 0.29) is 5.92 Å². The number of hydrogen-bond donors (Lipinski definition) is 1. The molecule has 2 aromatic rings. The van der Waals surface area contributed by atoms with Crippen molar-refractivity contribution in [3.05, 3.63) is 35.7 Å². The number of nitrogens with zero attached hydrogens (tertiary/aromatic N) is 1. The Kier molecular flexibility index (Phi) is 4.19. The molecule has 1 N–H and O–H groups in total. The topological polar surface area (TPSA) is 59.1 Å². The Morgan fingerprint density at radius 2 is 2.05 bits per heavy atom. The number of sulfonamides is 1. The first-order valence-electron chi connectivity index (χ1n) is 7.87. The largest absolute Gasteiger partial charge is 0.264 e. The molecule has 3 rings (SSSR count). The van der Waals surface area contributed by atoms with E-state index < -0.39 is 10.0 Å². The zero-order valence-electron chi connectivity index (χ0n) is 13.1. The zero-order chi connectivity index (χ0) is 15.7. The van der Waals surface area contributed by atoms with Gasteiger partial charge >= 0.3 is 0 Å². The lowest BCUT2D eigenvalue weighted by molar-refractivity contribution is 0.558. The van der Waals surface area contributed by atoms with Crippen LogP contribution in [0.5, 0.6) is 0 Å². The highest BCUT2D eigenvalue weighted by Gasteiger charge is 2.25. The molecule has 0 saturated carbocycles. The molecule has 0 atom stereocenters. The summed E-state index contributed by atoms with van der Waals surface area (Å²) < 4.78 is 28.6. The van der Waals surface area contributed by atoms with Crippen molar-refractivity contribution in [1.82, 2.24) is 9.71 Å². The van der Waals surface area contributed by atoms with Gasteiger partial charge in [0.1, 0.15) is 0 Å². The maximum atomic E-state index is 12.9. The summed E-state index contributed by atoms with van der Waals surface area (Å²) in [5.41, 5.74) is 2.16. The van der Waals surface area contributed by atoms with Crippen molar-refractivity contribution in [3.63, 3.8) is 0 Å². The average molecular weight is 318 g/mol. The van der Waals surface area contributed by atoms with Gasteiger partial charge in [-0.25, -0.2) is 13.1 Å². The second kappa shape index (κ2) is 5.97. The van der Waals surface area contributed by atoms with E-state index in [1.165, 1.54) is 0 Å². The van der Waals surface area contributed by atoms with Crippen LogP contribution in [0.15, 0.2) is 29.4 Å². The minimum absolute atomic E-state index is 0.280. The van der Waals surface area contributed by atoms with Gasteiger partial charge in [0.15, 0.2) is 0 Å². The van der Waals surface area contributed by atoms with Gasteiger partial charge in [-0.3, -0.25) is 4.98 Å². The molecule has 0 spiro atoms. The molecule has 4 nitrogen and oxygen atoms in total. The SMILES string of the molecule is CC(C)CNS(=O)(=O)c1c2c(cc3cnccc13)CCCC2. The van der Waals surface area contributed by atoms with Gasteiger partial charge in [0, 0.05) is 29.7 Å². The third kappa shape index (κ3) is 2.88. The lowest BCUT2D eigenvalue weighted by atomic mass is 9.89. The van der Waals surface area contributed by atoms with Gasteiger partial charge in [-0.2, -0.15) is 0 Å². The first-order chi connectivity index (χ1) is 10.5. The number of aromatic nitrogens is 1. The number of fused-ring (bicyclic) bond motifs is 2. The molecule has 0 fully saturated rings. The van der Waals surface area contributed by atoms with E-state index >= 15 is 0 Å². The van der Waals surface area contributed by atoms with Crippen LogP contribution in [0.1, 0.15) is 37.8 Å². The smallest absolute Gasteiger partial charge is 0.241 e. The van der Waals surface area contributed by atoms with Gasteiger partial charge in [0.2, 0.25) is 10.0 Å². The second-order valence-corrected chi connectivity index (χ2v) is 8.10. The summed E-state index contributed by atoms with van der Waals surface area (Å²) in [4.78, 5) is 4.62. The molecular weight excluding hydrogens is 296 g/mol. The van der Waals surface area contributed by atoms with Gasteiger partial charge in [-0.1, -0.05) is 13.8 Å². The summed E-state index contributed by atoms with van der Waals surface area (Å²) in [6, 6.07) is 3.92. The fourth-order valence-electron chi connectivity index (χ4n) is 3.08. The number of hydrogen-bond acceptors (Lipinski definition) is 3. The van der Waals surface area contributed by atoms with E-state index in [9.17, 15) is 8.42 Å². The molecule has 0 radical (unpaired) electrons. The van der Waals surface area contributed by atoms with Crippen molar-refractivity contribution in [1.29, 1.82) is 0 Å². The van der Waals surface area contributed by atoms with Crippen LogP contribution in [0.3, 0.4) is 0 Å². The quantitative estimate of drug-likeness (QED) is 0.942. The standard InChI is InChI=1S/C17H22N2O2S/c1-12(2)10-19-22(20,21)17-15-6-4-3-5-13(15)9-14-11-18-8-7-16(14)17/h7-9,11-12,19H,3-6,10H2,1-2H3. The molecule has 1 aromatic carbocycles. The maximum absolute atomic E-state index is 12.9. The fraction of sp³-hybridized carbons (Fsp3) is 0.471. The fourth-order valence-corrected chi connectivity index (χ4v) is 4.81. The highest BCUT2D eigenvalue weighted by atomic mass is 32.2. The van der Waals surface area contributed by atoms with Crippen LogP contribution >= 0.6 is 0 Å². The molecule has 5 heteroatoms. The van der Waals surface area contributed by atoms with Gasteiger partial charge in [0.25, 0.3) is 0 Å². The van der Waals surface area contributed by atoms with Crippen molar-refractivity contribution in [2.45, 2.75) is 44.4 Å². The van der Waals surface area contributed by atoms with Crippen LogP contribution < -0.4 is 4.72 Å². The van der Waals surface area contributed by atoms with Crippen molar-refractivity contribution in [2.24, 2.45) is 5.92 Å². The maximum Gasteiger partial charge on any atom is 0.241 e. The van der Waals surface area contributed by atoms with Crippen molar-refractivity contribution in [2.75, 3.05) is 6.54 Å². The summed E-state index contributed by atoms with van der Waals surface area (Å²) >= 11 is 0. The summed E-state index contributed by atoms with van der Waals surface area (Å²) in [5.74, 6) is 0.280. The Hall–Kier alpha value is -1.46. The van der Waals surface area contributed by atoms with E-state index in [1.54, 1.807) is 12.4 Å². The first kappa shape index (κ1) is 15.4. The molecular formula is C17H22N2O2S. The molecule has 0 bridgehead atoms. The number of aryl methyl sites for hydroxylation is 1. The molecule has 118 valence electrons. The number of pyridine rings is 1. The van der Waals surface area contributed by atoms with Crippen LogP contribution in [0, 0.1) is 5.92 Å². The number of benzene rings is 1. The Balaban J connectivity index is 2.22. The third-order valence-corrected chi connectivity index (χ3v) is 5.71. The van der Waals surface area contributed by atoms with Gasteiger partial charge in [-0.15, -0.1) is 0 Å². The van der Waals surface area contributed by atoms with Crippen LogP contribution in [-0.4, -0.2) is 19.9 Å². The Morgan fingerprint density at radius 1 is 1.27 bits per heavy atom. The average Bonchev–Trinajstić information content (AvgIpc) is 2.50. The Bertz CT molecular complexity index is 798. The van der Waals surface area contributed by atoms with Crippen LogP contribution in [0.2, 0.25) is 0 Å². The summed E-state index contributed by atoms with van der Waals surface area (Å²) in [5, 5.41) is 1.69. The van der Waals surface area contributed by atoms with E-state index in [0.29, 0.717) is 11.4 Å². The van der Waals surface area contributed by atoms with E-state index in [0.717, 1.165) is 47.6 Å². The molecule has 0 aliphatic heterocycles. The zero-order valence-corrected chi connectivity index (χ0v) is 13.9. The van der Waals surface area contributed by atoms with Gasteiger partial charge in [0.05, 0.1) is 4.90 Å². The summed E-state index contributed by atoms with van der Waals surface area (Å²) in [6.45, 7) is 4.47. The van der Waals surface area contributed by atoms with Crippen LogP contribution in [0.4, 0.5) is 0 Å². The number of rotatable bonds is 4. The minimum Gasteiger partial charge on any atom is -0.264 e. The molecule has 1 aliphatic rings. The minimum atomic E-state index is -3.50. The predicted molar refractivity (Wildman–Crippen MR) is 88.4 cm³/mol. The van der Waals surface area contributed by atoms with Crippen LogP contribution in [-0.2, 0) is 22.9 Å². The highest BCUT2D eigenvalue weighted by Crippen LogP contribution is 2.34. The molecule has 1 heterocycles. The molecule has 0 amide bonds. The summed E-state index contributed by atoms with van der Waals surface area (Å²) in [7, 11) is -3.50. The van der Waals surface area contributed by atoms with Crippen molar-refractivity contribution < 1.29 is 8.42 Å². The molecule has 0 unspecified atom stereocenters. The molecule has 1 aliphatic carbocycles. The lowest BCUT2D eigenvalue weighted by Gasteiger charge is -2.22. The second-order valence-electron chi connectivity index (χ2n) is 6.39. The lowest BCUT2D eigenvalue weighted by Crippen LogP contribution is -2.29. The van der Waals surface area contributed by atoms with E-state index in [4.69, 9.17) is 0 Å². The van der Waals surface area contributed by atoms with E-state index in [2.05, 4.69) is 15.8 Å². The number of nitrogens with one attached hydrogen (secondary N) is 1. The molecule has 0 saturated heterocycles. The Morgan fingerprint density at radius 3 is 2.82 bits per heavy atom. The molecule has 22 heavy (non-hydrogen) atoms. The van der Waals surface area contributed by atoms with Crippen molar-refractivity contribution in [3.8, 4) is 0 Å². The summed E-state index contributed by atoms with van der Waals surface area (Å²) in [6.07, 6.45) is 7.39. The van der Waals surface area contributed by atoms with Gasteiger partial charge in [-0.05, 0) is 54.9 Å². The predicted octanol–water partition coefficient (Wildman–Crippen LogP) is 3.05.